The van der Waals surface area contributed by atoms with Gasteiger partial charge in [0.2, 0.25) is 0 Å². The van der Waals surface area contributed by atoms with Crippen LogP contribution < -0.4 is 5.32 Å². The Morgan fingerprint density at radius 2 is 2.30 bits per heavy atom. The number of piperidine rings is 1. The van der Waals surface area contributed by atoms with Crippen LogP contribution in [0.4, 0.5) is 4.79 Å². The summed E-state index contributed by atoms with van der Waals surface area (Å²) in [7, 11) is 0. The maximum Gasteiger partial charge on any atom is 0.317 e. The zero-order chi connectivity index (χ0) is 14.4. The normalized spacial score (nSPS) is 20.5. The molecule has 0 saturated carbocycles. The van der Waals surface area contributed by atoms with Gasteiger partial charge in [-0.25, -0.2) is 4.79 Å². The summed E-state index contributed by atoms with van der Waals surface area (Å²) in [5.41, 5.74) is 1.08. The third-order valence-electron chi connectivity index (χ3n) is 3.88. The van der Waals surface area contributed by atoms with E-state index in [1.807, 2.05) is 17.0 Å². The van der Waals surface area contributed by atoms with E-state index in [1.165, 1.54) is 0 Å². The number of hydrogen-bond acceptors (Lipinski definition) is 3. The number of pyridine rings is 1. The van der Waals surface area contributed by atoms with E-state index < -0.39 is 0 Å². The van der Waals surface area contributed by atoms with Crippen molar-refractivity contribution in [2.45, 2.75) is 32.2 Å². The average Bonchev–Trinajstić information content (AvgIpc) is 2.53. The molecular formula is C15H23N3O2. The molecule has 110 valence electrons. The molecule has 1 aliphatic heterocycles. The van der Waals surface area contributed by atoms with Gasteiger partial charge >= 0.3 is 6.03 Å². The number of aliphatic hydroxyl groups excluding tert-OH is 1. The van der Waals surface area contributed by atoms with E-state index in [4.69, 9.17) is 0 Å². The fraction of sp³-hybridized carbons (Fsp3) is 0.600. The van der Waals surface area contributed by atoms with Crippen LogP contribution in [0.3, 0.4) is 0 Å². The lowest BCUT2D eigenvalue weighted by Gasteiger charge is -2.33. The number of hydrogen-bond donors (Lipinski definition) is 2. The van der Waals surface area contributed by atoms with E-state index in [2.05, 4.69) is 17.2 Å². The van der Waals surface area contributed by atoms with Gasteiger partial charge in [0, 0.05) is 32.1 Å². The van der Waals surface area contributed by atoms with Crippen LogP contribution in [-0.4, -0.2) is 40.7 Å². The Hall–Kier alpha value is -1.62. The van der Waals surface area contributed by atoms with Gasteiger partial charge in [0.25, 0.3) is 0 Å². The predicted octanol–water partition coefficient (Wildman–Crippen LogP) is 1.95. The minimum Gasteiger partial charge on any atom is -0.396 e. The number of aromatic nitrogens is 1. The summed E-state index contributed by atoms with van der Waals surface area (Å²) >= 11 is 0. The van der Waals surface area contributed by atoms with Crippen LogP contribution in [-0.2, 0) is 0 Å². The van der Waals surface area contributed by atoms with Gasteiger partial charge in [-0.05, 0) is 42.9 Å². The van der Waals surface area contributed by atoms with Crippen LogP contribution in [0.5, 0.6) is 0 Å². The van der Waals surface area contributed by atoms with Crippen LogP contribution in [0.25, 0.3) is 0 Å². The molecule has 20 heavy (non-hydrogen) atoms. The maximum atomic E-state index is 12.3. The van der Waals surface area contributed by atoms with Crippen LogP contribution >= 0.6 is 0 Å². The van der Waals surface area contributed by atoms with Crippen molar-refractivity contribution >= 4 is 6.03 Å². The Morgan fingerprint density at radius 3 is 2.95 bits per heavy atom. The van der Waals surface area contributed by atoms with Crippen LogP contribution in [0, 0.1) is 5.92 Å². The highest BCUT2D eigenvalue weighted by atomic mass is 16.3. The summed E-state index contributed by atoms with van der Waals surface area (Å²) in [6.45, 7) is 3.63. The van der Waals surface area contributed by atoms with Crippen LogP contribution in [0.1, 0.15) is 37.8 Å². The first-order chi connectivity index (χ1) is 9.74. The molecule has 2 heterocycles. The quantitative estimate of drug-likeness (QED) is 0.884. The molecule has 0 aromatic carbocycles. The van der Waals surface area contributed by atoms with E-state index in [0.717, 1.165) is 31.4 Å². The highest BCUT2D eigenvalue weighted by molar-refractivity contribution is 5.74. The zero-order valence-electron chi connectivity index (χ0n) is 12.0. The Bertz CT molecular complexity index is 424. The molecule has 1 saturated heterocycles. The van der Waals surface area contributed by atoms with Gasteiger partial charge in [0.05, 0.1) is 6.04 Å². The molecule has 5 heteroatoms. The average molecular weight is 277 g/mol. The van der Waals surface area contributed by atoms with Crippen molar-refractivity contribution in [1.82, 2.24) is 15.2 Å². The minimum atomic E-state index is -0.0354. The Balaban J connectivity index is 1.95. The van der Waals surface area contributed by atoms with E-state index in [1.54, 1.807) is 12.4 Å². The third kappa shape index (κ3) is 3.70. The Kier molecular flexibility index (Phi) is 5.35. The second-order valence-electron chi connectivity index (χ2n) is 5.33. The van der Waals surface area contributed by atoms with E-state index >= 15 is 0 Å². The summed E-state index contributed by atoms with van der Waals surface area (Å²) in [5.74, 6) is 0.218. The topological polar surface area (TPSA) is 65.5 Å². The lowest BCUT2D eigenvalue weighted by Crippen LogP contribution is -2.47. The molecule has 0 spiro atoms. The lowest BCUT2D eigenvalue weighted by atomic mass is 9.99. The number of carbonyl (C=O) groups is 1. The highest BCUT2D eigenvalue weighted by Gasteiger charge is 2.24. The summed E-state index contributed by atoms with van der Waals surface area (Å²) in [5, 5.41) is 12.3. The van der Waals surface area contributed by atoms with Gasteiger partial charge in [-0.1, -0.05) is 6.92 Å². The van der Waals surface area contributed by atoms with Crippen LogP contribution in [0.15, 0.2) is 24.5 Å². The molecule has 1 aliphatic rings. The summed E-state index contributed by atoms with van der Waals surface area (Å²) in [6.07, 6.45) is 6.29. The number of nitrogens with one attached hydrogen (secondary N) is 1. The SMILES string of the molecule is CC[C@H](NC(=O)N1CCC[C@H](CO)C1)c1ccncc1. The largest absolute Gasteiger partial charge is 0.396 e. The first kappa shape index (κ1) is 14.8. The Labute approximate surface area is 120 Å². The predicted molar refractivity (Wildman–Crippen MR) is 77.2 cm³/mol. The molecule has 1 aromatic heterocycles. The van der Waals surface area contributed by atoms with Gasteiger partial charge in [0.15, 0.2) is 0 Å². The molecular weight excluding hydrogens is 254 g/mol. The standard InChI is InChI=1S/C15H23N3O2/c1-2-14(13-5-7-16-8-6-13)17-15(20)18-9-3-4-12(10-18)11-19/h5-8,12,14,19H,2-4,9-11H2,1H3,(H,17,20)/t12-,14-/m0/s1. The number of rotatable bonds is 4. The first-order valence-electron chi connectivity index (χ1n) is 7.30. The lowest BCUT2D eigenvalue weighted by molar-refractivity contribution is 0.127. The van der Waals surface area contributed by atoms with Gasteiger partial charge in [-0.2, -0.15) is 0 Å². The molecule has 2 amide bonds. The van der Waals surface area contributed by atoms with Crippen molar-refractivity contribution in [3.05, 3.63) is 30.1 Å². The fourth-order valence-corrected chi connectivity index (χ4v) is 2.66. The van der Waals surface area contributed by atoms with Crippen molar-refractivity contribution in [1.29, 1.82) is 0 Å². The van der Waals surface area contributed by atoms with E-state index in [0.29, 0.717) is 6.54 Å². The number of carbonyl (C=O) groups excluding carboxylic acids is 1. The molecule has 2 rings (SSSR count). The number of urea groups is 1. The number of amides is 2. The number of nitrogens with zero attached hydrogens (tertiary/aromatic N) is 2. The van der Waals surface area contributed by atoms with Crippen LogP contribution in [0.2, 0.25) is 0 Å². The van der Waals surface area contributed by atoms with Crippen molar-refractivity contribution in [2.75, 3.05) is 19.7 Å². The van der Waals surface area contributed by atoms with Gasteiger partial charge in [0.1, 0.15) is 0 Å². The molecule has 5 nitrogen and oxygen atoms in total. The third-order valence-corrected chi connectivity index (χ3v) is 3.88. The molecule has 0 bridgehead atoms. The first-order valence-corrected chi connectivity index (χ1v) is 7.30. The molecule has 2 atom stereocenters. The smallest absolute Gasteiger partial charge is 0.317 e. The van der Waals surface area contributed by atoms with Gasteiger partial charge in [-0.3, -0.25) is 4.98 Å². The molecule has 0 unspecified atom stereocenters. The number of aliphatic hydroxyl groups is 1. The highest BCUT2D eigenvalue weighted by Crippen LogP contribution is 2.19. The number of likely N-dealkylation sites (tertiary alicyclic amines) is 1. The molecule has 0 radical (unpaired) electrons. The molecule has 1 aromatic rings. The van der Waals surface area contributed by atoms with Crippen molar-refractivity contribution in [3.63, 3.8) is 0 Å². The minimum absolute atomic E-state index is 0.0139. The van der Waals surface area contributed by atoms with Crippen molar-refractivity contribution < 1.29 is 9.90 Å². The second kappa shape index (κ2) is 7.24. The summed E-state index contributed by atoms with van der Waals surface area (Å²) in [4.78, 5) is 18.1. The zero-order valence-corrected chi connectivity index (χ0v) is 12.0. The van der Waals surface area contributed by atoms with Crippen molar-refractivity contribution in [2.24, 2.45) is 5.92 Å². The molecule has 2 N–H and O–H groups in total. The van der Waals surface area contributed by atoms with Gasteiger partial charge in [-0.15, -0.1) is 0 Å². The monoisotopic (exact) mass is 277 g/mol. The van der Waals surface area contributed by atoms with E-state index in [-0.39, 0.29) is 24.6 Å². The molecule has 0 aliphatic carbocycles. The fourth-order valence-electron chi connectivity index (χ4n) is 2.66. The Morgan fingerprint density at radius 1 is 1.55 bits per heavy atom. The summed E-state index contributed by atoms with van der Waals surface area (Å²) in [6, 6.07) is 3.84. The summed E-state index contributed by atoms with van der Waals surface area (Å²) < 4.78 is 0. The van der Waals surface area contributed by atoms with Crippen molar-refractivity contribution in [3.8, 4) is 0 Å². The second-order valence-corrected chi connectivity index (χ2v) is 5.33. The van der Waals surface area contributed by atoms with Gasteiger partial charge < -0.3 is 15.3 Å². The maximum absolute atomic E-state index is 12.3. The van der Waals surface area contributed by atoms with E-state index in [9.17, 15) is 9.90 Å². The molecule has 1 fully saturated rings.